The van der Waals surface area contributed by atoms with E-state index in [1.807, 2.05) is 11.8 Å². The molecular weight excluding hydrogens is 192 g/mol. The minimum Gasteiger partial charge on any atom is -0.384 e. The molecule has 0 aliphatic carbocycles. The molecule has 1 saturated heterocycles. The number of nitrogens with zero attached hydrogens (tertiary/aromatic N) is 1. The maximum Gasteiger partial charge on any atom is 0.228 e. The molecule has 0 aromatic carbocycles. The zero-order valence-electron chi connectivity index (χ0n) is 10.1. The first-order chi connectivity index (χ1) is 7.06. The van der Waals surface area contributed by atoms with Gasteiger partial charge in [0, 0.05) is 32.3 Å². The van der Waals surface area contributed by atoms with Crippen molar-refractivity contribution in [3.8, 4) is 0 Å². The molecule has 0 saturated carbocycles. The molecule has 3 unspecified atom stereocenters. The van der Waals surface area contributed by atoms with Crippen LogP contribution < -0.4 is 5.32 Å². The van der Waals surface area contributed by atoms with Gasteiger partial charge in [-0.3, -0.25) is 4.79 Å². The van der Waals surface area contributed by atoms with Crippen LogP contribution in [0.15, 0.2) is 0 Å². The summed E-state index contributed by atoms with van der Waals surface area (Å²) in [5.41, 5.74) is 0. The first-order valence-electron chi connectivity index (χ1n) is 5.59. The van der Waals surface area contributed by atoms with Crippen LogP contribution >= 0.6 is 0 Å². The maximum absolute atomic E-state index is 12.1. The molecule has 1 aliphatic heterocycles. The first-order valence-corrected chi connectivity index (χ1v) is 5.59. The van der Waals surface area contributed by atoms with Crippen molar-refractivity contribution in [2.45, 2.75) is 32.9 Å². The van der Waals surface area contributed by atoms with Gasteiger partial charge in [0.25, 0.3) is 0 Å². The number of rotatable bonds is 3. The zero-order valence-corrected chi connectivity index (χ0v) is 10.1. The molecule has 1 amide bonds. The van der Waals surface area contributed by atoms with Gasteiger partial charge >= 0.3 is 0 Å². The number of nitrogens with one attached hydrogen (secondary N) is 1. The van der Waals surface area contributed by atoms with Crippen molar-refractivity contribution in [3.05, 3.63) is 0 Å². The van der Waals surface area contributed by atoms with Crippen LogP contribution in [0.3, 0.4) is 0 Å². The van der Waals surface area contributed by atoms with Gasteiger partial charge in [0.05, 0.1) is 12.5 Å². The Morgan fingerprint density at radius 3 is 2.87 bits per heavy atom. The van der Waals surface area contributed by atoms with Gasteiger partial charge in [-0.25, -0.2) is 0 Å². The summed E-state index contributed by atoms with van der Waals surface area (Å²) in [5.74, 6) is 0.167. The van der Waals surface area contributed by atoms with Gasteiger partial charge in [-0.2, -0.15) is 0 Å². The summed E-state index contributed by atoms with van der Waals surface area (Å²) in [6, 6.07) is 0.674. The Labute approximate surface area is 92.0 Å². The Bertz CT molecular complexity index is 221. The third kappa shape index (κ3) is 3.18. The molecule has 15 heavy (non-hydrogen) atoms. The highest BCUT2D eigenvalue weighted by atomic mass is 16.5. The largest absolute Gasteiger partial charge is 0.384 e. The van der Waals surface area contributed by atoms with Crippen LogP contribution in [0.5, 0.6) is 0 Å². The van der Waals surface area contributed by atoms with Crippen molar-refractivity contribution in [3.63, 3.8) is 0 Å². The highest BCUT2D eigenvalue weighted by molar-refractivity contribution is 5.79. The molecule has 1 aliphatic rings. The van der Waals surface area contributed by atoms with E-state index in [0.717, 1.165) is 13.1 Å². The lowest BCUT2D eigenvalue weighted by Crippen LogP contribution is -2.57. The Balaban J connectivity index is 2.56. The molecular formula is C11H22N2O2. The number of ether oxygens (including phenoxy) is 1. The number of methoxy groups -OCH3 is 1. The van der Waals surface area contributed by atoms with Gasteiger partial charge < -0.3 is 15.0 Å². The number of amides is 1. The number of hydrogen-bond acceptors (Lipinski definition) is 3. The Morgan fingerprint density at radius 1 is 1.60 bits per heavy atom. The average molecular weight is 214 g/mol. The molecule has 1 heterocycles. The number of hydrogen-bond donors (Lipinski definition) is 1. The minimum absolute atomic E-state index is 0.0391. The molecule has 0 aromatic heterocycles. The first kappa shape index (κ1) is 12.5. The van der Waals surface area contributed by atoms with E-state index in [0.29, 0.717) is 12.6 Å². The third-order valence-electron chi connectivity index (χ3n) is 2.89. The van der Waals surface area contributed by atoms with Gasteiger partial charge in [0.15, 0.2) is 0 Å². The SMILES string of the molecule is COCC(C)C(=O)N1CC(C)NCC1C. The summed E-state index contributed by atoms with van der Waals surface area (Å²) in [5, 5.41) is 3.36. The fourth-order valence-corrected chi connectivity index (χ4v) is 1.93. The summed E-state index contributed by atoms with van der Waals surface area (Å²) in [4.78, 5) is 14.0. The molecule has 3 atom stereocenters. The highest BCUT2D eigenvalue weighted by Gasteiger charge is 2.29. The molecule has 0 bridgehead atoms. The molecule has 0 radical (unpaired) electrons. The zero-order chi connectivity index (χ0) is 11.4. The van der Waals surface area contributed by atoms with Crippen molar-refractivity contribution >= 4 is 5.91 Å². The lowest BCUT2D eigenvalue weighted by molar-refractivity contribution is -0.140. The van der Waals surface area contributed by atoms with E-state index in [4.69, 9.17) is 4.74 Å². The van der Waals surface area contributed by atoms with E-state index < -0.39 is 0 Å². The molecule has 1 N–H and O–H groups in total. The van der Waals surface area contributed by atoms with Crippen molar-refractivity contribution in [2.75, 3.05) is 26.8 Å². The van der Waals surface area contributed by atoms with Gasteiger partial charge in [-0.15, -0.1) is 0 Å². The second-order valence-electron chi connectivity index (χ2n) is 4.51. The van der Waals surface area contributed by atoms with Gasteiger partial charge in [-0.05, 0) is 13.8 Å². The summed E-state index contributed by atoms with van der Waals surface area (Å²) in [7, 11) is 1.63. The van der Waals surface area contributed by atoms with E-state index in [1.54, 1.807) is 7.11 Å². The predicted octanol–water partition coefficient (Wildman–Crippen LogP) is 0.478. The molecule has 1 rings (SSSR count). The standard InChI is InChI=1S/C11H22N2O2/c1-8(7-15-4)11(14)13-6-9(2)12-5-10(13)3/h8-10,12H,5-7H2,1-4H3. The lowest BCUT2D eigenvalue weighted by Gasteiger charge is -2.38. The van der Waals surface area contributed by atoms with Crippen LogP contribution in [0.1, 0.15) is 20.8 Å². The number of piperazine rings is 1. The number of carbonyl (C=O) groups excluding carboxylic acids is 1. The van der Waals surface area contributed by atoms with Crippen molar-refractivity contribution in [2.24, 2.45) is 5.92 Å². The topological polar surface area (TPSA) is 41.6 Å². The second-order valence-corrected chi connectivity index (χ2v) is 4.51. The smallest absolute Gasteiger partial charge is 0.228 e. The van der Waals surface area contributed by atoms with Crippen molar-refractivity contribution in [1.29, 1.82) is 0 Å². The van der Waals surface area contributed by atoms with Crippen molar-refractivity contribution in [1.82, 2.24) is 10.2 Å². The maximum atomic E-state index is 12.1. The molecule has 4 nitrogen and oxygen atoms in total. The third-order valence-corrected chi connectivity index (χ3v) is 2.89. The van der Waals surface area contributed by atoms with E-state index in [-0.39, 0.29) is 17.9 Å². The van der Waals surface area contributed by atoms with Gasteiger partial charge in [0.1, 0.15) is 0 Å². The normalized spacial score (nSPS) is 28.9. The molecule has 1 fully saturated rings. The molecule has 0 spiro atoms. The van der Waals surface area contributed by atoms with E-state index >= 15 is 0 Å². The quantitative estimate of drug-likeness (QED) is 0.743. The van der Waals surface area contributed by atoms with Crippen LogP contribution in [0.2, 0.25) is 0 Å². The fraction of sp³-hybridized carbons (Fsp3) is 0.909. The summed E-state index contributed by atoms with van der Waals surface area (Å²) >= 11 is 0. The Kier molecular flexibility index (Phi) is 4.54. The van der Waals surface area contributed by atoms with Gasteiger partial charge in [0.2, 0.25) is 5.91 Å². The highest BCUT2D eigenvalue weighted by Crippen LogP contribution is 2.11. The summed E-state index contributed by atoms with van der Waals surface area (Å²) < 4.78 is 5.01. The van der Waals surface area contributed by atoms with Crippen LogP contribution in [0.25, 0.3) is 0 Å². The molecule has 0 aromatic rings. The van der Waals surface area contributed by atoms with Crippen LogP contribution in [0, 0.1) is 5.92 Å². The van der Waals surface area contributed by atoms with E-state index in [2.05, 4.69) is 19.2 Å². The Morgan fingerprint density at radius 2 is 2.27 bits per heavy atom. The van der Waals surface area contributed by atoms with Gasteiger partial charge in [-0.1, -0.05) is 6.92 Å². The van der Waals surface area contributed by atoms with Crippen LogP contribution in [0.4, 0.5) is 0 Å². The van der Waals surface area contributed by atoms with E-state index in [1.165, 1.54) is 0 Å². The monoisotopic (exact) mass is 214 g/mol. The second kappa shape index (κ2) is 5.47. The average Bonchev–Trinajstić information content (AvgIpc) is 2.21. The predicted molar refractivity (Wildman–Crippen MR) is 59.7 cm³/mol. The summed E-state index contributed by atoms with van der Waals surface area (Å²) in [6.45, 7) is 8.29. The minimum atomic E-state index is -0.0391. The van der Waals surface area contributed by atoms with Crippen LogP contribution in [-0.2, 0) is 9.53 Å². The van der Waals surface area contributed by atoms with Crippen LogP contribution in [-0.4, -0.2) is 49.7 Å². The van der Waals surface area contributed by atoms with Crippen molar-refractivity contribution < 1.29 is 9.53 Å². The molecule has 88 valence electrons. The van der Waals surface area contributed by atoms with E-state index in [9.17, 15) is 4.79 Å². The number of carbonyl (C=O) groups is 1. The summed E-state index contributed by atoms with van der Waals surface area (Å²) in [6.07, 6.45) is 0. The fourth-order valence-electron chi connectivity index (χ4n) is 1.93. The Hall–Kier alpha value is -0.610. The molecule has 4 heteroatoms. The lowest BCUT2D eigenvalue weighted by atomic mass is 10.1.